The van der Waals surface area contributed by atoms with Crippen LogP contribution in [0.5, 0.6) is 0 Å². The van der Waals surface area contributed by atoms with Gasteiger partial charge in [0, 0.05) is 31.1 Å². The van der Waals surface area contributed by atoms with Crippen molar-refractivity contribution in [2.75, 3.05) is 20.1 Å². The van der Waals surface area contributed by atoms with Crippen LogP contribution >= 0.6 is 0 Å². The fourth-order valence-corrected chi connectivity index (χ4v) is 3.62. The highest BCUT2D eigenvalue weighted by molar-refractivity contribution is 4.92. The summed E-state index contributed by atoms with van der Waals surface area (Å²) in [7, 11) is 2.23. The van der Waals surface area contributed by atoms with E-state index in [0.29, 0.717) is 18.2 Å². The lowest BCUT2D eigenvalue weighted by Crippen LogP contribution is -2.37. The van der Waals surface area contributed by atoms with E-state index in [1.807, 2.05) is 0 Å². The summed E-state index contributed by atoms with van der Waals surface area (Å²) >= 11 is 0. The first kappa shape index (κ1) is 11.0. The molecule has 1 N–H and O–H groups in total. The van der Waals surface area contributed by atoms with Crippen LogP contribution in [-0.4, -0.2) is 49.3 Å². The quantitative estimate of drug-likeness (QED) is 0.780. The molecule has 2 bridgehead atoms. The highest BCUT2D eigenvalue weighted by Gasteiger charge is 2.40. The van der Waals surface area contributed by atoms with Crippen LogP contribution in [0.15, 0.2) is 0 Å². The average Bonchev–Trinajstić information content (AvgIpc) is 2.92. The Morgan fingerprint density at radius 1 is 1.31 bits per heavy atom. The minimum Gasteiger partial charge on any atom is -0.375 e. The molecule has 0 spiro atoms. The molecule has 0 aliphatic carbocycles. The second kappa shape index (κ2) is 4.28. The predicted molar refractivity (Wildman–Crippen MR) is 64.5 cm³/mol. The molecule has 0 aromatic carbocycles. The van der Waals surface area contributed by atoms with E-state index in [2.05, 4.69) is 24.2 Å². The molecule has 3 heteroatoms. The van der Waals surface area contributed by atoms with E-state index in [-0.39, 0.29) is 0 Å². The van der Waals surface area contributed by atoms with Gasteiger partial charge in [-0.3, -0.25) is 0 Å². The molecule has 3 aliphatic rings. The van der Waals surface area contributed by atoms with Gasteiger partial charge in [0.05, 0.1) is 12.2 Å². The van der Waals surface area contributed by atoms with Gasteiger partial charge in [-0.25, -0.2) is 0 Å². The zero-order valence-electron chi connectivity index (χ0n) is 10.5. The third-order valence-corrected chi connectivity index (χ3v) is 4.79. The van der Waals surface area contributed by atoms with Gasteiger partial charge >= 0.3 is 0 Å². The van der Waals surface area contributed by atoms with Crippen LogP contribution in [0.2, 0.25) is 0 Å². The summed E-state index contributed by atoms with van der Waals surface area (Å²) in [6.07, 6.45) is 6.40. The van der Waals surface area contributed by atoms with Gasteiger partial charge < -0.3 is 15.0 Å². The number of likely N-dealkylation sites (tertiary alicyclic amines) is 1. The van der Waals surface area contributed by atoms with Crippen molar-refractivity contribution in [2.24, 2.45) is 5.92 Å². The lowest BCUT2D eigenvalue weighted by Gasteiger charge is -2.21. The van der Waals surface area contributed by atoms with Crippen molar-refractivity contribution >= 4 is 0 Å². The summed E-state index contributed by atoms with van der Waals surface area (Å²) in [4.78, 5) is 2.45. The number of ether oxygens (including phenoxy) is 1. The van der Waals surface area contributed by atoms with E-state index in [0.717, 1.165) is 12.0 Å². The van der Waals surface area contributed by atoms with Crippen LogP contribution in [0.1, 0.15) is 32.6 Å². The van der Waals surface area contributed by atoms with Gasteiger partial charge in [-0.1, -0.05) is 0 Å². The molecule has 0 aromatic heterocycles. The molecule has 0 amide bonds. The van der Waals surface area contributed by atoms with Crippen molar-refractivity contribution in [3.05, 3.63) is 0 Å². The molecular weight excluding hydrogens is 200 g/mol. The molecule has 3 nitrogen and oxygen atoms in total. The van der Waals surface area contributed by atoms with Gasteiger partial charge in [-0.15, -0.1) is 0 Å². The number of nitrogens with one attached hydrogen (secondary N) is 1. The molecule has 16 heavy (non-hydrogen) atoms. The zero-order valence-corrected chi connectivity index (χ0v) is 10.5. The average molecular weight is 224 g/mol. The van der Waals surface area contributed by atoms with Gasteiger partial charge in [0.2, 0.25) is 0 Å². The molecule has 92 valence electrons. The predicted octanol–water partition coefficient (Wildman–Crippen LogP) is 1.24. The van der Waals surface area contributed by atoms with Crippen molar-refractivity contribution in [1.82, 2.24) is 10.2 Å². The second-order valence-corrected chi connectivity index (χ2v) is 6.00. The Kier molecular flexibility index (Phi) is 2.94. The second-order valence-electron chi connectivity index (χ2n) is 6.00. The number of likely N-dealkylation sites (N-methyl/N-ethyl adjacent to an activating group) is 1. The number of rotatable bonds is 3. The molecule has 3 fully saturated rings. The zero-order chi connectivity index (χ0) is 11.1. The van der Waals surface area contributed by atoms with E-state index in [4.69, 9.17) is 4.74 Å². The molecule has 5 unspecified atom stereocenters. The van der Waals surface area contributed by atoms with Crippen molar-refractivity contribution in [3.63, 3.8) is 0 Å². The van der Waals surface area contributed by atoms with Crippen LogP contribution < -0.4 is 5.32 Å². The van der Waals surface area contributed by atoms with Crippen LogP contribution in [0, 0.1) is 5.92 Å². The molecular formula is C13H24N2O. The standard InChI is InChI=1S/C13H24N2O/c1-9-5-11(8-15(9)2)14-7-10-6-12-3-4-13(10)16-12/h9-14H,3-8H2,1-2H3. The van der Waals surface area contributed by atoms with Crippen molar-refractivity contribution in [2.45, 2.75) is 56.9 Å². The Bertz CT molecular complexity index is 248. The molecule has 3 rings (SSSR count). The first-order valence-electron chi connectivity index (χ1n) is 6.81. The van der Waals surface area contributed by atoms with Gasteiger partial charge in [0.1, 0.15) is 0 Å². The number of hydrogen-bond acceptors (Lipinski definition) is 3. The topological polar surface area (TPSA) is 24.5 Å². The number of hydrogen-bond donors (Lipinski definition) is 1. The third kappa shape index (κ3) is 2.01. The molecule has 5 atom stereocenters. The fourth-order valence-electron chi connectivity index (χ4n) is 3.62. The SMILES string of the molecule is CC1CC(NCC2CC3CCC2O3)CN1C. The Balaban J connectivity index is 1.44. The van der Waals surface area contributed by atoms with E-state index in [1.165, 1.54) is 38.8 Å². The van der Waals surface area contributed by atoms with E-state index in [1.54, 1.807) is 0 Å². The van der Waals surface area contributed by atoms with Crippen LogP contribution in [0.4, 0.5) is 0 Å². The summed E-state index contributed by atoms with van der Waals surface area (Å²) in [5.41, 5.74) is 0. The third-order valence-electron chi connectivity index (χ3n) is 4.79. The van der Waals surface area contributed by atoms with E-state index in [9.17, 15) is 0 Å². The van der Waals surface area contributed by atoms with Crippen molar-refractivity contribution in [3.8, 4) is 0 Å². The Hall–Kier alpha value is -0.120. The van der Waals surface area contributed by atoms with Crippen LogP contribution in [0.3, 0.4) is 0 Å². The van der Waals surface area contributed by atoms with Crippen LogP contribution in [-0.2, 0) is 4.74 Å². The first-order chi connectivity index (χ1) is 7.72. The maximum absolute atomic E-state index is 5.89. The van der Waals surface area contributed by atoms with Gasteiger partial charge in [0.25, 0.3) is 0 Å². The maximum atomic E-state index is 5.89. The minimum absolute atomic E-state index is 0.578. The maximum Gasteiger partial charge on any atom is 0.0621 e. The number of nitrogens with zero attached hydrogens (tertiary/aromatic N) is 1. The number of fused-ring (bicyclic) bond motifs is 2. The Morgan fingerprint density at radius 3 is 2.75 bits per heavy atom. The highest BCUT2D eigenvalue weighted by Crippen LogP contribution is 2.38. The van der Waals surface area contributed by atoms with Gasteiger partial charge in [-0.05, 0) is 39.7 Å². The van der Waals surface area contributed by atoms with Gasteiger partial charge in [0.15, 0.2) is 0 Å². The normalized spacial score (nSPS) is 48.0. The largest absolute Gasteiger partial charge is 0.375 e. The molecule has 3 saturated heterocycles. The smallest absolute Gasteiger partial charge is 0.0621 e. The summed E-state index contributed by atoms with van der Waals surface area (Å²) < 4.78 is 5.89. The summed E-state index contributed by atoms with van der Waals surface area (Å²) in [5.74, 6) is 0.792. The lowest BCUT2D eigenvalue weighted by molar-refractivity contribution is 0.0920. The summed E-state index contributed by atoms with van der Waals surface area (Å²) in [6, 6.07) is 1.45. The summed E-state index contributed by atoms with van der Waals surface area (Å²) in [5, 5.41) is 3.75. The summed E-state index contributed by atoms with van der Waals surface area (Å²) in [6.45, 7) is 4.71. The van der Waals surface area contributed by atoms with E-state index >= 15 is 0 Å². The Labute approximate surface area is 98.5 Å². The molecule has 0 aromatic rings. The first-order valence-corrected chi connectivity index (χ1v) is 6.81. The van der Waals surface area contributed by atoms with Crippen molar-refractivity contribution in [1.29, 1.82) is 0 Å². The van der Waals surface area contributed by atoms with Gasteiger partial charge in [-0.2, -0.15) is 0 Å². The van der Waals surface area contributed by atoms with Crippen LogP contribution in [0.25, 0.3) is 0 Å². The van der Waals surface area contributed by atoms with E-state index < -0.39 is 0 Å². The Morgan fingerprint density at radius 2 is 2.19 bits per heavy atom. The van der Waals surface area contributed by atoms with Crippen molar-refractivity contribution < 1.29 is 4.74 Å². The highest BCUT2D eigenvalue weighted by atomic mass is 16.5. The molecule has 3 heterocycles. The minimum atomic E-state index is 0.578. The molecule has 0 radical (unpaired) electrons. The molecule has 3 aliphatic heterocycles. The monoisotopic (exact) mass is 224 g/mol. The fraction of sp³-hybridized carbons (Fsp3) is 1.00. The molecule has 0 saturated carbocycles. The lowest BCUT2D eigenvalue weighted by atomic mass is 9.89.